The second-order valence-electron chi connectivity index (χ2n) is 4.87. The molecule has 110 valence electrons. The fourth-order valence-electron chi connectivity index (χ4n) is 2.19. The Kier molecular flexibility index (Phi) is 3.94. The number of nitrogens with zero attached hydrogens (tertiary/aromatic N) is 1. The van der Waals surface area contributed by atoms with Crippen molar-refractivity contribution in [2.24, 2.45) is 5.73 Å². The van der Waals surface area contributed by atoms with Gasteiger partial charge in [0.2, 0.25) is 0 Å². The maximum Gasteiger partial charge on any atom is 0.410 e. The molecule has 0 amide bonds. The predicted molar refractivity (Wildman–Crippen MR) is 71.8 cm³/mol. The van der Waals surface area contributed by atoms with Crippen LogP contribution in [0.5, 0.6) is 5.75 Å². The van der Waals surface area contributed by atoms with Gasteiger partial charge in [-0.3, -0.25) is 0 Å². The van der Waals surface area contributed by atoms with Crippen LogP contribution in [0.1, 0.15) is 19.9 Å². The summed E-state index contributed by atoms with van der Waals surface area (Å²) in [6.07, 6.45) is -3.02. The summed E-state index contributed by atoms with van der Waals surface area (Å²) in [4.78, 5) is 0. The van der Waals surface area contributed by atoms with Crippen molar-refractivity contribution in [3.8, 4) is 5.75 Å². The third-order valence-corrected chi connectivity index (χ3v) is 3.02. The van der Waals surface area contributed by atoms with E-state index < -0.39 is 18.8 Å². The summed E-state index contributed by atoms with van der Waals surface area (Å²) in [7, 11) is 0. The molecule has 0 aliphatic carbocycles. The van der Waals surface area contributed by atoms with Crippen molar-refractivity contribution in [2.45, 2.75) is 32.2 Å². The van der Waals surface area contributed by atoms with E-state index in [9.17, 15) is 13.2 Å². The van der Waals surface area contributed by atoms with E-state index in [0.29, 0.717) is 16.7 Å². The van der Waals surface area contributed by atoms with Gasteiger partial charge in [0.05, 0.1) is 11.6 Å². The third kappa shape index (κ3) is 2.75. The smallest absolute Gasteiger partial charge is 0.410 e. The van der Waals surface area contributed by atoms with Crippen LogP contribution in [0.2, 0.25) is 0 Å². The zero-order valence-corrected chi connectivity index (χ0v) is 11.3. The number of aromatic nitrogens is 1. The van der Waals surface area contributed by atoms with Crippen molar-refractivity contribution >= 4 is 10.9 Å². The van der Waals surface area contributed by atoms with E-state index in [2.05, 4.69) is 0 Å². The van der Waals surface area contributed by atoms with Crippen LogP contribution < -0.4 is 10.5 Å². The molecule has 3 nitrogen and oxygen atoms in total. The molecular formula is C14H17F3N2O. The van der Waals surface area contributed by atoms with E-state index in [-0.39, 0.29) is 6.10 Å². The van der Waals surface area contributed by atoms with Crippen LogP contribution in [0.25, 0.3) is 10.9 Å². The summed E-state index contributed by atoms with van der Waals surface area (Å²) in [5.74, 6) is 0.578. The minimum absolute atomic E-state index is 0.0446. The zero-order valence-electron chi connectivity index (χ0n) is 11.3. The number of fused-ring (bicyclic) bond motifs is 1. The number of halogens is 3. The van der Waals surface area contributed by atoms with Crippen LogP contribution in [0.4, 0.5) is 13.2 Å². The van der Waals surface area contributed by atoms with Gasteiger partial charge < -0.3 is 15.0 Å². The molecule has 0 saturated heterocycles. The summed E-state index contributed by atoms with van der Waals surface area (Å²) in [6, 6.07) is 4.96. The molecule has 1 heterocycles. The van der Waals surface area contributed by atoms with Crippen LogP contribution in [0.3, 0.4) is 0 Å². The molecule has 2 rings (SSSR count). The van der Waals surface area contributed by atoms with Crippen LogP contribution in [-0.4, -0.2) is 23.4 Å². The third-order valence-electron chi connectivity index (χ3n) is 3.02. The highest BCUT2D eigenvalue weighted by atomic mass is 19.4. The average Bonchev–Trinajstić information content (AvgIpc) is 2.73. The highest BCUT2D eigenvalue weighted by Crippen LogP contribution is 2.35. The lowest BCUT2D eigenvalue weighted by Gasteiger charge is -2.21. The Morgan fingerprint density at radius 3 is 2.50 bits per heavy atom. The van der Waals surface area contributed by atoms with Crippen LogP contribution >= 0.6 is 0 Å². The van der Waals surface area contributed by atoms with Crippen LogP contribution in [-0.2, 0) is 0 Å². The van der Waals surface area contributed by atoms with Gasteiger partial charge in [0, 0.05) is 18.1 Å². The van der Waals surface area contributed by atoms with Gasteiger partial charge in [0.1, 0.15) is 11.8 Å². The number of alkyl halides is 3. The van der Waals surface area contributed by atoms with Crippen LogP contribution in [0.15, 0.2) is 30.5 Å². The second kappa shape index (κ2) is 5.36. The van der Waals surface area contributed by atoms with E-state index in [1.54, 1.807) is 24.3 Å². The fourth-order valence-corrected chi connectivity index (χ4v) is 2.19. The Morgan fingerprint density at radius 2 is 1.95 bits per heavy atom. The molecule has 2 aromatic rings. The Bertz CT molecular complexity index is 590. The summed E-state index contributed by atoms with van der Waals surface area (Å²) in [5, 5.41) is 0.656. The monoisotopic (exact) mass is 286 g/mol. The first-order valence-corrected chi connectivity index (χ1v) is 6.37. The van der Waals surface area contributed by atoms with Crippen molar-refractivity contribution in [1.82, 2.24) is 4.57 Å². The molecule has 0 radical (unpaired) electrons. The molecule has 0 spiro atoms. The Morgan fingerprint density at radius 1 is 1.25 bits per heavy atom. The first-order chi connectivity index (χ1) is 9.34. The fraction of sp³-hybridized carbons (Fsp3) is 0.429. The minimum atomic E-state index is -4.38. The van der Waals surface area contributed by atoms with Crippen LogP contribution in [0, 0.1) is 0 Å². The van der Waals surface area contributed by atoms with Crippen molar-refractivity contribution in [3.05, 3.63) is 30.5 Å². The van der Waals surface area contributed by atoms with Gasteiger partial charge in [-0.25, -0.2) is 0 Å². The number of ether oxygens (including phenoxy) is 1. The lowest BCUT2D eigenvalue weighted by molar-refractivity contribution is -0.164. The molecule has 0 fully saturated rings. The Balaban J connectivity index is 2.52. The number of rotatable bonds is 4. The average molecular weight is 286 g/mol. The molecular weight excluding hydrogens is 269 g/mol. The summed E-state index contributed by atoms with van der Waals surface area (Å²) in [6.45, 7) is 3.24. The van der Waals surface area contributed by atoms with Crippen molar-refractivity contribution in [1.29, 1.82) is 0 Å². The van der Waals surface area contributed by atoms with Gasteiger partial charge in [0.25, 0.3) is 0 Å². The SMILES string of the molecule is CC(C)Oc1cccc2c1ccn2C(CN)C(F)(F)F. The Labute approximate surface area is 115 Å². The first kappa shape index (κ1) is 14.7. The normalized spacial score (nSPS) is 13.9. The lowest BCUT2D eigenvalue weighted by Crippen LogP contribution is -2.32. The molecule has 0 aliphatic rings. The van der Waals surface area contributed by atoms with Gasteiger partial charge in [-0.15, -0.1) is 0 Å². The lowest BCUT2D eigenvalue weighted by atomic mass is 10.2. The quantitative estimate of drug-likeness (QED) is 0.934. The van der Waals surface area contributed by atoms with E-state index in [0.717, 1.165) is 4.57 Å². The van der Waals surface area contributed by atoms with Gasteiger partial charge in [0.15, 0.2) is 0 Å². The van der Waals surface area contributed by atoms with Gasteiger partial charge >= 0.3 is 6.18 Å². The summed E-state index contributed by atoms with van der Waals surface area (Å²) >= 11 is 0. The second-order valence-corrected chi connectivity index (χ2v) is 4.87. The molecule has 1 unspecified atom stereocenters. The van der Waals surface area contributed by atoms with E-state index in [1.165, 1.54) is 6.20 Å². The zero-order chi connectivity index (χ0) is 14.9. The molecule has 2 N–H and O–H groups in total. The minimum Gasteiger partial charge on any atom is -0.490 e. The van der Waals surface area contributed by atoms with E-state index in [1.807, 2.05) is 13.8 Å². The molecule has 0 bridgehead atoms. The highest BCUT2D eigenvalue weighted by molar-refractivity contribution is 5.86. The van der Waals surface area contributed by atoms with Crippen molar-refractivity contribution < 1.29 is 17.9 Å². The summed E-state index contributed by atoms with van der Waals surface area (Å²) in [5.41, 5.74) is 5.76. The molecule has 0 aliphatic heterocycles. The molecule has 1 aromatic heterocycles. The maximum atomic E-state index is 13.0. The molecule has 0 saturated carbocycles. The van der Waals surface area contributed by atoms with E-state index in [4.69, 9.17) is 10.5 Å². The Hall–Kier alpha value is -1.69. The topological polar surface area (TPSA) is 40.2 Å². The predicted octanol–water partition coefficient (Wildman–Crippen LogP) is 3.49. The van der Waals surface area contributed by atoms with Crippen molar-refractivity contribution in [2.75, 3.05) is 6.54 Å². The summed E-state index contributed by atoms with van der Waals surface area (Å²) < 4.78 is 45.7. The maximum absolute atomic E-state index is 13.0. The highest BCUT2D eigenvalue weighted by Gasteiger charge is 2.40. The standard InChI is InChI=1S/C14H17F3N2O/c1-9(2)20-12-5-3-4-11-10(12)6-7-19(11)13(8-18)14(15,16)17/h3-7,9,13H,8,18H2,1-2H3. The number of hydrogen-bond donors (Lipinski definition) is 1. The van der Waals surface area contributed by atoms with E-state index >= 15 is 0 Å². The van der Waals surface area contributed by atoms with Gasteiger partial charge in [-0.1, -0.05) is 6.07 Å². The number of benzene rings is 1. The molecule has 1 atom stereocenters. The number of hydrogen-bond acceptors (Lipinski definition) is 2. The largest absolute Gasteiger partial charge is 0.490 e. The van der Waals surface area contributed by atoms with Gasteiger partial charge in [-0.05, 0) is 32.0 Å². The molecule has 1 aromatic carbocycles. The van der Waals surface area contributed by atoms with Crippen molar-refractivity contribution in [3.63, 3.8) is 0 Å². The molecule has 20 heavy (non-hydrogen) atoms. The first-order valence-electron chi connectivity index (χ1n) is 6.37. The van der Waals surface area contributed by atoms with Gasteiger partial charge in [-0.2, -0.15) is 13.2 Å². The molecule has 6 heteroatoms. The number of nitrogens with two attached hydrogens (primary N) is 1.